The number of nitrogens with one attached hydrogen (secondary N) is 1. The predicted octanol–water partition coefficient (Wildman–Crippen LogP) is 7.82. The molecule has 0 spiro atoms. The monoisotopic (exact) mass is 747 g/mol. The van der Waals surface area contributed by atoms with Crippen molar-refractivity contribution in [1.29, 1.82) is 0 Å². The molecule has 10 nitrogen and oxygen atoms in total. The molecule has 1 amide bonds. The van der Waals surface area contributed by atoms with Crippen molar-refractivity contribution >= 4 is 47.2 Å². The number of hydrogen-bond donors (Lipinski definition) is 2. The second-order valence-corrected chi connectivity index (χ2v) is 15.2. The van der Waals surface area contributed by atoms with E-state index >= 15 is 0 Å². The summed E-state index contributed by atoms with van der Waals surface area (Å²) in [4.78, 5) is 47.4. The summed E-state index contributed by atoms with van der Waals surface area (Å²) in [5.74, 6) is -1.04. The standard InChI is InChI=1S/C28H34ClNO5S.C11H20O4/c1-19(25-17-26(35-25)21-10-5-4-6-11-21)9-7-8-12-27(31)30-23(28(32)34-18-36-3)16-20-13-14-24(33-2)22(29)15-20;1-7(2)6-8(9(12)13)15-10(14)11(3,4)5/h4-6,8,10-15,19,23,25-26H,7,9,16-18H2,1-3H3,(H,30,31);7-8H,6H2,1-5H3,(H,12,13)/b12-8+;/t19-,23+,25-,26-;8-/m00/s1. The number of aliphatic carboxylic acids is 1. The summed E-state index contributed by atoms with van der Waals surface area (Å²) in [5.41, 5.74) is 1.35. The number of methoxy groups -OCH3 is 1. The van der Waals surface area contributed by atoms with Gasteiger partial charge in [0, 0.05) is 12.8 Å². The first kappa shape index (κ1) is 43.6. The Morgan fingerprint density at radius 3 is 2.31 bits per heavy atom. The molecule has 1 aliphatic rings. The summed E-state index contributed by atoms with van der Waals surface area (Å²) < 4.78 is 21.5. The van der Waals surface area contributed by atoms with E-state index in [1.165, 1.54) is 30.5 Å². The number of halogens is 1. The predicted molar refractivity (Wildman–Crippen MR) is 201 cm³/mol. The molecule has 282 valence electrons. The smallest absolute Gasteiger partial charge is 0.345 e. The third-order valence-electron chi connectivity index (χ3n) is 8.05. The van der Waals surface area contributed by atoms with E-state index in [1.807, 2.05) is 50.4 Å². The SMILES string of the molecule is CC(C)C[C@H](OC(=O)C(C)(C)C)C(=O)O.COc1ccc(C[C@@H](NC(=O)/C=C/CC[C@H](C)[C@@H]2C[C@@H](c3ccccc3)O2)C(=O)OCSC)cc1Cl. The second kappa shape index (κ2) is 21.7. The van der Waals surface area contributed by atoms with Crippen molar-refractivity contribution in [3.63, 3.8) is 0 Å². The summed E-state index contributed by atoms with van der Waals surface area (Å²) in [6.45, 7) is 11.1. The van der Waals surface area contributed by atoms with Crippen molar-refractivity contribution < 1.29 is 43.2 Å². The Kier molecular flexibility index (Phi) is 18.6. The number of carboxylic acid groups (broad SMARTS) is 1. The molecule has 1 fully saturated rings. The summed E-state index contributed by atoms with van der Waals surface area (Å²) in [5, 5.41) is 12.1. The van der Waals surface area contributed by atoms with Crippen LogP contribution in [0.1, 0.15) is 84.5 Å². The largest absolute Gasteiger partial charge is 0.495 e. The van der Waals surface area contributed by atoms with Crippen LogP contribution in [0.4, 0.5) is 0 Å². The maximum atomic E-state index is 12.6. The molecule has 0 unspecified atom stereocenters. The first-order valence-electron chi connectivity index (χ1n) is 17.1. The van der Waals surface area contributed by atoms with Crippen molar-refractivity contribution in [3.05, 3.63) is 76.8 Å². The lowest BCUT2D eigenvalue weighted by atomic mass is 9.87. The summed E-state index contributed by atoms with van der Waals surface area (Å²) >= 11 is 7.61. The zero-order valence-corrected chi connectivity index (χ0v) is 32.6. The maximum Gasteiger partial charge on any atom is 0.345 e. The Morgan fingerprint density at radius 2 is 1.76 bits per heavy atom. The Balaban J connectivity index is 0.000000507. The van der Waals surface area contributed by atoms with E-state index in [1.54, 1.807) is 32.9 Å². The van der Waals surface area contributed by atoms with Gasteiger partial charge < -0.3 is 29.4 Å². The van der Waals surface area contributed by atoms with E-state index in [0.29, 0.717) is 23.1 Å². The molecule has 51 heavy (non-hydrogen) atoms. The zero-order chi connectivity index (χ0) is 38.1. The van der Waals surface area contributed by atoms with E-state index in [0.717, 1.165) is 24.8 Å². The highest BCUT2D eigenvalue weighted by Crippen LogP contribution is 2.39. The van der Waals surface area contributed by atoms with Crippen molar-refractivity contribution in [2.75, 3.05) is 19.3 Å². The van der Waals surface area contributed by atoms with Crippen molar-refractivity contribution in [1.82, 2.24) is 5.32 Å². The van der Waals surface area contributed by atoms with Gasteiger partial charge in [0.25, 0.3) is 0 Å². The lowest BCUT2D eigenvalue weighted by Gasteiger charge is -2.40. The van der Waals surface area contributed by atoms with Crippen LogP contribution >= 0.6 is 23.4 Å². The fraction of sp³-hybridized carbons (Fsp3) is 0.538. The van der Waals surface area contributed by atoms with Crippen LogP contribution in [-0.2, 0) is 39.8 Å². The fourth-order valence-electron chi connectivity index (χ4n) is 5.03. The molecular weight excluding hydrogens is 694 g/mol. The van der Waals surface area contributed by atoms with Gasteiger partial charge in [0.2, 0.25) is 5.91 Å². The highest BCUT2D eigenvalue weighted by Gasteiger charge is 2.34. The minimum atomic E-state index is -1.08. The third-order valence-corrected chi connectivity index (χ3v) is 8.70. The van der Waals surface area contributed by atoms with Gasteiger partial charge in [0.15, 0.2) is 6.10 Å². The average Bonchev–Trinajstić information content (AvgIpc) is 3.04. The van der Waals surface area contributed by atoms with Gasteiger partial charge in [-0.05, 0) is 87.5 Å². The quantitative estimate of drug-likeness (QED) is 0.0936. The molecule has 0 aromatic heterocycles. The number of carbonyl (C=O) groups is 4. The molecule has 0 saturated carbocycles. The van der Waals surface area contributed by atoms with Gasteiger partial charge >= 0.3 is 17.9 Å². The molecule has 2 aromatic carbocycles. The fourth-order valence-corrected chi connectivity index (χ4v) is 5.55. The highest BCUT2D eigenvalue weighted by molar-refractivity contribution is 7.98. The van der Waals surface area contributed by atoms with Crippen LogP contribution < -0.4 is 10.1 Å². The van der Waals surface area contributed by atoms with Crippen LogP contribution in [0.15, 0.2) is 60.7 Å². The molecule has 0 aliphatic carbocycles. The summed E-state index contributed by atoms with van der Waals surface area (Å²) in [6.07, 6.45) is 7.84. The number of hydrogen-bond acceptors (Lipinski definition) is 9. The molecule has 1 saturated heterocycles. The van der Waals surface area contributed by atoms with E-state index in [4.69, 9.17) is 35.7 Å². The van der Waals surface area contributed by atoms with E-state index in [9.17, 15) is 19.2 Å². The topological polar surface area (TPSA) is 137 Å². The lowest BCUT2D eigenvalue weighted by Crippen LogP contribution is -2.42. The van der Waals surface area contributed by atoms with E-state index in [2.05, 4.69) is 24.4 Å². The van der Waals surface area contributed by atoms with Crippen LogP contribution in [0.3, 0.4) is 0 Å². The molecule has 2 N–H and O–H groups in total. The number of benzene rings is 2. The molecule has 0 bridgehead atoms. The number of esters is 2. The molecule has 1 heterocycles. The number of thioether (sulfide) groups is 1. The van der Waals surface area contributed by atoms with E-state index < -0.39 is 35.5 Å². The Morgan fingerprint density at radius 1 is 1.10 bits per heavy atom. The van der Waals surface area contributed by atoms with Crippen molar-refractivity contribution in [3.8, 4) is 5.75 Å². The number of rotatable bonds is 17. The molecule has 1 aliphatic heterocycles. The number of amides is 1. The zero-order valence-electron chi connectivity index (χ0n) is 31.0. The minimum absolute atomic E-state index is 0.180. The molecular formula is C39H54ClNO9S. The summed E-state index contributed by atoms with van der Waals surface area (Å²) in [7, 11) is 1.54. The Labute approximate surface area is 312 Å². The van der Waals surface area contributed by atoms with Crippen LogP contribution in [0.5, 0.6) is 5.75 Å². The minimum Gasteiger partial charge on any atom is -0.495 e. The summed E-state index contributed by atoms with van der Waals surface area (Å²) in [6, 6.07) is 14.7. The first-order valence-corrected chi connectivity index (χ1v) is 18.9. The Bertz CT molecular complexity index is 1440. The van der Waals surface area contributed by atoms with E-state index in [-0.39, 0.29) is 36.4 Å². The van der Waals surface area contributed by atoms with Gasteiger partial charge in [-0.3, -0.25) is 9.59 Å². The molecule has 5 atom stereocenters. The van der Waals surface area contributed by atoms with Gasteiger partial charge in [0.05, 0.1) is 29.8 Å². The van der Waals surface area contributed by atoms with Crippen LogP contribution in [0.25, 0.3) is 0 Å². The average molecular weight is 748 g/mol. The third kappa shape index (κ3) is 15.7. The van der Waals surface area contributed by atoms with Gasteiger partial charge in [-0.15, -0.1) is 11.8 Å². The van der Waals surface area contributed by atoms with Crippen molar-refractivity contribution in [2.45, 2.75) is 98.0 Å². The van der Waals surface area contributed by atoms with Crippen LogP contribution in [0, 0.1) is 17.3 Å². The first-order chi connectivity index (χ1) is 24.0. The highest BCUT2D eigenvalue weighted by atomic mass is 35.5. The van der Waals surface area contributed by atoms with Gasteiger partial charge in [-0.25, -0.2) is 9.59 Å². The lowest BCUT2D eigenvalue weighted by molar-refractivity contribution is -0.170. The number of carbonyl (C=O) groups excluding carboxylic acids is 3. The normalized spacial score (nSPS) is 17.3. The molecule has 0 radical (unpaired) electrons. The van der Waals surface area contributed by atoms with Crippen molar-refractivity contribution in [2.24, 2.45) is 17.3 Å². The number of ether oxygens (including phenoxy) is 4. The molecule has 2 aromatic rings. The van der Waals surface area contributed by atoms with Crippen LogP contribution in [0.2, 0.25) is 5.02 Å². The number of carboxylic acids is 1. The van der Waals surface area contributed by atoms with Gasteiger partial charge in [-0.2, -0.15) is 0 Å². The van der Waals surface area contributed by atoms with Gasteiger partial charge in [0.1, 0.15) is 17.7 Å². The van der Waals surface area contributed by atoms with Crippen LogP contribution in [-0.4, -0.2) is 66.5 Å². The Hall–Kier alpha value is -3.54. The maximum absolute atomic E-state index is 12.6. The molecule has 12 heteroatoms. The molecule has 3 rings (SSSR count). The van der Waals surface area contributed by atoms with Gasteiger partial charge in [-0.1, -0.05) is 74.8 Å². The number of allylic oxidation sites excluding steroid dienone is 1. The second-order valence-electron chi connectivity index (χ2n) is 14.0.